The van der Waals surface area contributed by atoms with Crippen molar-refractivity contribution in [1.82, 2.24) is 10.6 Å². The fourth-order valence-corrected chi connectivity index (χ4v) is 2.73. The Bertz CT molecular complexity index is 729. The minimum Gasteiger partial charge on any atom is -0.354 e. The van der Waals surface area contributed by atoms with Crippen LogP contribution in [0.3, 0.4) is 0 Å². The number of hydrogen-bond donors (Lipinski definition) is 3. The molecule has 0 aliphatic heterocycles. The lowest BCUT2D eigenvalue weighted by Crippen LogP contribution is -2.51. The standard InChI is InChI=1S/C22H29N3O2/c1-4-17(3)20(21(26)23-15-14-18-8-6-5-7-9-18)25-22(27)24-19-12-10-16(2)11-13-19/h5-13,17,20H,4,14-15H2,1-3H3,(H,23,26)(H2,24,25,27). The number of amides is 3. The molecule has 3 N–H and O–H groups in total. The molecular weight excluding hydrogens is 338 g/mol. The van der Waals surface area contributed by atoms with Gasteiger partial charge in [-0.2, -0.15) is 0 Å². The van der Waals surface area contributed by atoms with Crippen LogP contribution in [0.5, 0.6) is 0 Å². The number of urea groups is 1. The molecule has 2 aromatic carbocycles. The quantitative estimate of drug-likeness (QED) is 0.662. The predicted molar refractivity (Wildman–Crippen MR) is 110 cm³/mol. The van der Waals surface area contributed by atoms with Gasteiger partial charge in [-0.1, -0.05) is 68.3 Å². The van der Waals surface area contributed by atoms with Crippen LogP contribution in [-0.4, -0.2) is 24.5 Å². The van der Waals surface area contributed by atoms with E-state index < -0.39 is 6.04 Å². The smallest absolute Gasteiger partial charge is 0.319 e. The summed E-state index contributed by atoms with van der Waals surface area (Å²) >= 11 is 0. The second kappa shape index (κ2) is 10.4. The first-order valence-electron chi connectivity index (χ1n) is 9.45. The van der Waals surface area contributed by atoms with Crippen molar-refractivity contribution in [2.75, 3.05) is 11.9 Å². The highest BCUT2D eigenvalue weighted by atomic mass is 16.2. The molecule has 2 unspecified atom stereocenters. The Balaban J connectivity index is 1.89. The first-order valence-corrected chi connectivity index (χ1v) is 9.45. The largest absolute Gasteiger partial charge is 0.354 e. The second-order valence-corrected chi connectivity index (χ2v) is 6.85. The molecule has 3 amide bonds. The highest BCUT2D eigenvalue weighted by Crippen LogP contribution is 2.11. The van der Waals surface area contributed by atoms with Crippen LogP contribution in [0.25, 0.3) is 0 Å². The fourth-order valence-electron chi connectivity index (χ4n) is 2.73. The monoisotopic (exact) mass is 367 g/mol. The molecule has 0 radical (unpaired) electrons. The number of rotatable bonds is 8. The molecule has 27 heavy (non-hydrogen) atoms. The molecule has 5 nitrogen and oxygen atoms in total. The zero-order chi connectivity index (χ0) is 19.6. The van der Waals surface area contributed by atoms with Gasteiger partial charge in [-0.05, 0) is 37.0 Å². The summed E-state index contributed by atoms with van der Waals surface area (Å²) in [5, 5.41) is 8.54. The average molecular weight is 367 g/mol. The Labute approximate surface area is 161 Å². The van der Waals surface area contributed by atoms with Crippen molar-refractivity contribution in [3.63, 3.8) is 0 Å². The number of hydrogen-bond acceptors (Lipinski definition) is 2. The summed E-state index contributed by atoms with van der Waals surface area (Å²) in [5.41, 5.74) is 2.99. The van der Waals surface area contributed by atoms with Crippen LogP contribution in [-0.2, 0) is 11.2 Å². The van der Waals surface area contributed by atoms with Gasteiger partial charge in [0.05, 0.1) is 0 Å². The van der Waals surface area contributed by atoms with Gasteiger partial charge in [0.25, 0.3) is 0 Å². The molecule has 0 aromatic heterocycles. The lowest BCUT2D eigenvalue weighted by molar-refractivity contribution is -0.124. The van der Waals surface area contributed by atoms with E-state index in [1.165, 1.54) is 5.56 Å². The maximum absolute atomic E-state index is 12.6. The third-order valence-electron chi connectivity index (χ3n) is 4.65. The summed E-state index contributed by atoms with van der Waals surface area (Å²) in [6, 6.07) is 16.6. The predicted octanol–water partition coefficient (Wildman–Crippen LogP) is 3.89. The van der Waals surface area contributed by atoms with Crippen LogP contribution in [0, 0.1) is 12.8 Å². The molecule has 5 heteroatoms. The third-order valence-corrected chi connectivity index (χ3v) is 4.65. The Morgan fingerprint density at radius 1 is 1.00 bits per heavy atom. The summed E-state index contributed by atoms with van der Waals surface area (Å²) < 4.78 is 0. The van der Waals surface area contributed by atoms with Gasteiger partial charge in [0.1, 0.15) is 6.04 Å². The molecule has 2 rings (SSSR count). The van der Waals surface area contributed by atoms with Crippen molar-refractivity contribution >= 4 is 17.6 Å². The van der Waals surface area contributed by atoms with Crippen molar-refractivity contribution in [2.24, 2.45) is 5.92 Å². The summed E-state index contributed by atoms with van der Waals surface area (Å²) in [4.78, 5) is 24.9. The summed E-state index contributed by atoms with van der Waals surface area (Å²) in [5.74, 6) is -0.121. The Hall–Kier alpha value is -2.82. The number of anilines is 1. The molecule has 0 aliphatic carbocycles. The molecular formula is C22H29N3O2. The van der Waals surface area contributed by atoms with E-state index in [0.29, 0.717) is 12.2 Å². The van der Waals surface area contributed by atoms with Gasteiger partial charge in [0.2, 0.25) is 5.91 Å². The van der Waals surface area contributed by atoms with E-state index in [4.69, 9.17) is 0 Å². The first kappa shape index (κ1) is 20.5. The van der Waals surface area contributed by atoms with E-state index in [-0.39, 0.29) is 17.9 Å². The Morgan fingerprint density at radius 2 is 1.67 bits per heavy atom. The molecule has 0 saturated carbocycles. The second-order valence-electron chi connectivity index (χ2n) is 6.85. The number of carbonyl (C=O) groups excluding carboxylic acids is 2. The molecule has 0 saturated heterocycles. The van der Waals surface area contributed by atoms with Gasteiger partial charge >= 0.3 is 6.03 Å². The van der Waals surface area contributed by atoms with Crippen molar-refractivity contribution < 1.29 is 9.59 Å². The van der Waals surface area contributed by atoms with Crippen molar-refractivity contribution in [1.29, 1.82) is 0 Å². The Kier molecular flexibility index (Phi) is 7.86. The van der Waals surface area contributed by atoms with E-state index >= 15 is 0 Å². The molecule has 0 fully saturated rings. The maximum Gasteiger partial charge on any atom is 0.319 e. The van der Waals surface area contributed by atoms with E-state index in [9.17, 15) is 9.59 Å². The minimum atomic E-state index is -0.573. The molecule has 0 spiro atoms. The third kappa shape index (κ3) is 6.77. The fraction of sp³-hybridized carbons (Fsp3) is 0.364. The van der Waals surface area contributed by atoms with Crippen LogP contribution >= 0.6 is 0 Å². The number of benzene rings is 2. The lowest BCUT2D eigenvalue weighted by Gasteiger charge is -2.23. The topological polar surface area (TPSA) is 70.2 Å². The number of nitrogens with one attached hydrogen (secondary N) is 3. The van der Waals surface area contributed by atoms with Gasteiger partial charge in [0, 0.05) is 12.2 Å². The van der Waals surface area contributed by atoms with Crippen molar-refractivity contribution in [3.8, 4) is 0 Å². The molecule has 2 atom stereocenters. The zero-order valence-corrected chi connectivity index (χ0v) is 16.3. The van der Waals surface area contributed by atoms with Gasteiger partial charge in [-0.3, -0.25) is 4.79 Å². The van der Waals surface area contributed by atoms with Crippen molar-refractivity contribution in [2.45, 2.75) is 39.7 Å². The van der Waals surface area contributed by atoms with Crippen LogP contribution in [0.1, 0.15) is 31.4 Å². The molecule has 0 bridgehead atoms. The van der Waals surface area contributed by atoms with Crippen LogP contribution in [0.15, 0.2) is 54.6 Å². The van der Waals surface area contributed by atoms with Gasteiger partial charge in [-0.25, -0.2) is 4.79 Å². The highest BCUT2D eigenvalue weighted by molar-refractivity contribution is 5.93. The average Bonchev–Trinajstić information content (AvgIpc) is 2.68. The lowest BCUT2D eigenvalue weighted by atomic mass is 9.98. The Morgan fingerprint density at radius 3 is 2.30 bits per heavy atom. The molecule has 144 valence electrons. The molecule has 0 aliphatic rings. The van der Waals surface area contributed by atoms with E-state index in [2.05, 4.69) is 16.0 Å². The summed E-state index contributed by atoms with van der Waals surface area (Å²) in [6.07, 6.45) is 1.55. The molecule has 0 heterocycles. The van der Waals surface area contributed by atoms with Gasteiger partial charge in [0.15, 0.2) is 0 Å². The zero-order valence-electron chi connectivity index (χ0n) is 16.3. The summed E-state index contributed by atoms with van der Waals surface area (Å²) in [6.45, 7) is 6.50. The maximum atomic E-state index is 12.6. The van der Waals surface area contributed by atoms with Crippen LogP contribution < -0.4 is 16.0 Å². The van der Waals surface area contributed by atoms with Crippen LogP contribution in [0.2, 0.25) is 0 Å². The number of carbonyl (C=O) groups is 2. The first-order chi connectivity index (χ1) is 13.0. The highest BCUT2D eigenvalue weighted by Gasteiger charge is 2.25. The van der Waals surface area contributed by atoms with Gasteiger partial charge in [-0.15, -0.1) is 0 Å². The van der Waals surface area contributed by atoms with E-state index in [1.54, 1.807) is 0 Å². The summed E-state index contributed by atoms with van der Waals surface area (Å²) in [7, 11) is 0. The SMILES string of the molecule is CCC(C)C(NC(=O)Nc1ccc(C)cc1)C(=O)NCCc1ccccc1. The van der Waals surface area contributed by atoms with E-state index in [0.717, 1.165) is 18.4 Å². The van der Waals surface area contributed by atoms with E-state index in [1.807, 2.05) is 75.4 Å². The van der Waals surface area contributed by atoms with Gasteiger partial charge < -0.3 is 16.0 Å². The number of aryl methyl sites for hydroxylation is 1. The normalized spacial score (nSPS) is 12.7. The molecule has 2 aromatic rings. The van der Waals surface area contributed by atoms with Crippen LogP contribution in [0.4, 0.5) is 10.5 Å². The minimum absolute atomic E-state index is 0.0329. The van der Waals surface area contributed by atoms with Crippen molar-refractivity contribution in [3.05, 3.63) is 65.7 Å².